The van der Waals surface area contributed by atoms with Gasteiger partial charge in [0.05, 0.1) is 0 Å². The Kier molecular flexibility index (Phi) is 4.86. The molecule has 0 saturated heterocycles. The fourth-order valence-corrected chi connectivity index (χ4v) is 2.33. The van der Waals surface area contributed by atoms with Crippen LogP contribution in [-0.4, -0.2) is 5.91 Å². The first-order chi connectivity index (χ1) is 9.97. The number of rotatable bonds is 5. The molecule has 2 aromatic rings. The summed E-state index contributed by atoms with van der Waals surface area (Å²) < 4.78 is 0. The van der Waals surface area contributed by atoms with Gasteiger partial charge in [0.2, 0.25) is 5.91 Å². The van der Waals surface area contributed by atoms with Gasteiger partial charge in [-0.05, 0) is 35.2 Å². The van der Waals surface area contributed by atoms with Crippen molar-refractivity contribution in [3.05, 3.63) is 64.7 Å². The van der Waals surface area contributed by atoms with Gasteiger partial charge in [0.1, 0.15) is 6.04 Å². The largest absolute Gasteiger partial charge is 0.370 e. The maximum atomic E-state index is 11.7. The predicted molar refractivity (Wildman–Crippen MR) is 87.5 cm³/mol. The number of nitrogens with one attached hydrogen (secondary N) is 1. The first kappa shape index (κ1) is 15.4. The molecule has 2 aromatic carbocycles. The van der Waals surface area contributed by atoms with E-state index in [1.165, 1.54) is 5.56 Å². The highest BCUT2D eigenvalue weighted by Gasteiger charge is 2.17. The summed E-state index contributed by atoms with van der Waals surface area (Å²) in [6.07, 6.45) is 0. The van der Waals surface area contributed by atoms with Crippen molar-refractivity contribution in [1.29, 1.82) is 0 Å². The topological polar surface area (TPSA) is 55.1 Å². The Balaban J connectivity index is 2.24. The molecule has 21 heavy (non-hydrogen) atoms. The van der Waals surface area contributed by atoms with E-state index in [9.17, 15) is 4.79 Å². The van der Waals surface area contributed by atoms with E-state index in [0.29, 0.717) is 10.9 Å². The lowest BCUT2D eigenvalue weighted by Crippen LogP contribution is -2.27. The standard InChI is InChI=1S/C17H19ClN2O/c1-11(2)12-6-8-13(9-7-12)16(17(19)21)20-15-5-3-4-14(18)10-15/h3-11,16,20H,1-2H3,(H2,19,21). The summed E-state index contributed by atoms with van der Waals surface area (Å²) in [6.45, 7) is 4.26. The third-order valence-electron chi connectivity index (χ3n) is 3.36. The SMILES string of the molecule is CC(C)c1ccc(C(Nc2cccc(Cl)c2)C(N)=O)cc1. The number of nitrogens with two attached hydrogens (primary N) is 1. The van der Waals surface area contributed by atoms with Crippen LogP contribution in [0.25, 0.3) is 0 Å². The summed E-state index contributed by atoms with van der Waals surface area (Å²) in [6, 6.07) is 14.6. The van der Waals surface area contributed by atoms with Gasteiger partial charge in [0.25, 0.3) is 0 Å². The predicted octanol–water partition coefficient (Wildman–Crippen LogP) is 4.10. The van der Waals surface area contributed by atoms with Gasteiger partial charge in [-0.1, -0.05) is 55.8 Å². The molecular formula is C17H19ClN2O. The Morgan fingerprint density at radius 2 is 1.71 bits per heavy atom. The minimum Gasteiger partial charge on any atom is -0.370 e. The van der Waals surface area contributed by atoms with E-state index in [2.05, 4.69) is 19.2 Å². The Bertz CT molecular complexity index is 623. The molecule has 3 N–H and O–H groups in total. The molecule has 0 aliphatic rings. The van der Waals surface area contributed by atoms with Gasteiger partial charge in [0.15, 0.2) is 0 Å². The first-order valence-corrected chi connectivity index (χ1v) is 7.26. The summed E-state index contributed by atoms with van der Waals surface area (Å²) in [5.41, 5.74) is 8.35. The second kappa shape index (κ2) is 6.64. The van der Waals surface area contributed by atoms with E-state index < -0.39 is 11.9 Å². The molecule has 110 valence electrons. The number of primary amides is 1. The van der Waals surface area contributed by atoms with Crippen LogP contribution in [0.15, 0.2) is 48.5 Å². The minimum absolute atomic E-state index is 0.424. The highest BCUT2D eigenvalue weighted by molar-refractivity contribution is 6.30. The Morgan fingerprint density at radius 3 is 2.24 bits per heavy atom. The molecule has 1 amide bonds. The number of amides is 1. The van der Waals surface area contributed by atoms with Crippen molar-refractivity contribution in [2.75, 3.05) is 5.32 Å². The zero-order chi connectivity index (χ0) is 15.4. The molecule has 0 fully saturated rings. The van der Waals surface area contributed by atoms with Crippen LogP contribution in [0.5, 0.6) is 0 Å². The van der Waals surface area contributed by atoms with E-state index in [1.807, 2.05) is 36.4 Å². The quantitative estimate of drug-likeness (QED) is 0.873. The van der Waals surface area contributed by atoms with Crippen molar-refractivity contribution < 1.29 is 4.79 Å². The van der Waals surface area contributed by atoms with Crippen LogP contribution in [0.4, 0.5) is 5.69 Å². The van der Waals surface area contributed by atoms with Crippen molar-refractivity contribution in [3.63, 3.8) is 0 Å². The fourth-order valence-electron chi connectivity index (χ4n) is 2.14. The molecule has 1 unspecified atom stereocenters. The summed E-state index contributed by atoms with van der Waals surface area (Å²) in [7, 11) is 0. The Hall–Kier alpha value is -2.00. The maximum absolute atomic E-state index is 11.7. The third-order valence-corrected chi connectivity index (χ3v) is 3.59. The van der Waals surface area contributed by atoms with Gasteiger partial charge in [-0.3, -0.25) is 4.79 Å². The van der Waals surface area contributed by atoms with E-state index >= 15 is 0 Å². The Labute approximate surface area is 130 Å². The number of benzene rings is 2. The van der Waals surface area contributed by atoms with Crippen LogP contribution >= 0.6 is 11.6 Å². The number of halogens is 1. The number of hydrogen-bond donors (Lipinski definition) is 2. The van der Waals surface area contributed by atoms with Crippen molar-refractivity contribution in [2.24, 2.45) is 5.73 Å². The number of hydrogen-bond acceptors (Lipinski definition) is 2. The van der Waals surface area contributed by atoms with Gasteiger partial charge >= 0.3 is 0 Å². The lowest BCUT2D eigenvalue weighted by atomic mass is 9.98. The molecule has 0 radical (unpaired) electrons. The lowest BCUT2D eigenvalue weighted by Gasteiger charge is -2.18. The van der Waals surface area contributed by atoms with Crippen LogP contribution in [0.3, 0.4) is 0 Å². The Morgan fingerprint density at radius 1 is 1.10 bits per heavy atom. The molecule has 0 saturated carbocycles. The molecule has 1 atom stereocenters. The van der Waals surface area contributed by atoms with Gasteiger partial charge in [-0.2, -0.15) is 0 Å². The van der Waals surface area contributed by atoms with Gasteiger partial charge < -0.3 is 11.1 Å². The molecule has 0 bridgehead atoms. The fraction of sp³-hybridized carbons (Fsp3) is 0.235. The van der Waals surface area contributed by atoms with E-state index in [-0.39, 0.29) is 0 Å². The molecule has 0 aliphatic carbocycles. The first-order valence-electron chi connectivity index (χ1n) is 6.88. The van der Waals surface area contributed by atoms with Crippen molar-refractivity contribution >= 4 is 23.2 Å². The van der Waals surface area contributed by atoms with Gasteiger partial charge in [-0.15, -0.1) is 0 Å². The number of carbonyl (C=O) groups excluding carboxylic acids is 1. The van der Waals surface area contributed by atoms with Crippen LogP contribution in [-0.2, 0) is 4.79 Å². The normalized spacial score (nSPS) is 12.2. The molecule has 0 aliphatic heterocycles. The zero-order valence-electron chi connectivity index (χ0n) is 12.1. The summed E-state index contributed by atoms with van der Waals surface area (Å²) in [5, 5.41) is 3.73. The van der Waals surface area contributed by atoms with Crippen LogP contribution in [0.2, 0.25) is 5.02 Å². The summed E-state index contributed by atoms with van der Waals surface area (Å²) >= 11 is 5.95. The molecule has 0 aromatic heterocycles. The van der Waals surface area contributed by atoms with Gasteiger partial charge in [-0.25, -0.2) is 0 Å². The van der Waals surface area contributed by atoms with Crippen LogP contribution < -0.4 is 11.1 Å². The highest BCUT2D eigenvalue weighted by Crippen LogP contribution is 2.23. The minimum atomic E-state index is -0.579. The molecule has 2 rings (SSSR count). The second-order valence-electron chi connectivity index (χ2n) is 5.31. The lowest BCUT2D eigenvalue weighted by molar-refractivity contribution is -0.118. The third kappa shape index (κ3) is 3.99. The van der Waals surface area contributed by atoms with Gasteiger partial charge in [0, 0.05) is 10.7 Å². The zero-order valence-corrected chi connectivity index (χ0v) is 12.9. The smallest absolute Gasteiger partial charge is 0.244 e. The highest BCUT2D eigenvalue weighted by atomic mass is 35.5. The molecular weight excluding hydrogens is 284 g/mol. The van der Waals surface area contributed by atoms with E-state index in [1.54, 1.807) is 12.1 Å². The van der Waals surface area contributed by atoms with Crippen LogP contribution in [0.1, 0.15) is 36.9 Å². The van der Waals surface area contributed by atoms with E-state index in [4.69, 9.17) is 17.3 Å². The number of anilines is 1. The second-order valence-corrected chi connectivity index (χ2v) is 5.75. The van der Waals surface area contributed by atoms with E-state index in [0.717, 1.165) is 11.3 Å². The average molecular weight is 303 g/mol. The maximum Gasteiger partial charge on any atom is 0.244 e. The summed E-state index contributed by atoms with van der Waals surface area (Å²) in [4.78, 5) is 11.7. The average Bonchev–Trinajstić information content (AvgIpc) is 2.44. The molecule has 3 nitrogen and oxygen atoms in total. The number of carbonyl (C=O) groups is 1. The molecule has 0 spiro atoms. The van der Waals surface area contributed by atoms with Crippen molar-refractivity contribution in [2.45, 2.75) is 25.8 Å². The van der Waals surface area contributed by atoms with Crippen molar-refractivity contribution in [1.82, 2.24) is 0 Å². The summed E-state index contributed by atoms with van der Waals surface area (Å²) in [5.74, 6) is 0.0271. The molecule has 4 heteroatoms. The van der Waals surface area contributed by atoms with Crippen LogP contribution in [0, 0.1) is 0 Å². The van der Waals surface area contributed by atoms with Crippen molar-refractivity contribution in [3.8, 4) is 0 Å². The monoisotopic (exact) mass is 302 g/mol. The molecule has 0 heterocycles.